The van der Waals surface area contributed by atoms with Crippen LogP contribution in [0.3, 0.4) is 0 Å². The summed E-state index contributed by atoms with van der Waals surface area (Å²) in [5.74, 6) is -0.659. The zero-order valence-electron chi connectivity index (χ0n) is 17.9. The molecule has 158 valence electrons. The van der Waals surface area contributed by atoms with E-state index in [1.807, 2.05) is 0 Å². The van der Waals surface area contributed by atoms with Gasteiger partial charge in [0.1, 0.15) is 0 Å². The Kier molecular flexibility index (Phi) is 35.6. The van der Waals surface area contributed by atoms with E-state index < -0.39 is 16.4 Å². The van der Waals surface area contributed by atoms with E-state index in [-0.39, 0.29) is 31.0 Å². The predicted octanol–water partition coefficient (Wildman–Crippen LogP) is 1.83. The number of hydrogen-bond donors (Lipinski definition) is 3. The summed E-state index contributed by atoms with van der Waals surface area (Å²) < 4.78 is 36.5. The van der Waals surface area contributed by atoms with Gasteiger partial charge in [-0.2, -0.15) is 8.42 Å². The first-order valence-corrected chi connectivity index (χ1v) is 10.3. The van der Waals surface area contributed by atoms with Crippen LogP contribution in [0.2, 0.25) is 0 Å². The maximum Gasteiger partial charge on any atom is 1.00 e. The monoisotopic (exact) mass is 420 g/mol. The van der Waals surface area contributed by atoms with Crippen molar-refractivity contribution >= 4 is 16.4 Å². The van der Waals surface area contributed by atoms with E-state index >= 15 is 0 Å². The van der Waals surface area contributed by atoms with Crippen LogP contribution in [0, 0.1) is 0 Å². The van der Waals surface area contributed by atoms with Crippen LogP contribution < -0.4 is 29.6 Å². The fraction of sp³-hybridized carbons (Fsp3) is 0.722. The summed E-state index contributed by atoms with van der Waals surface area (Å²) in [5, 5.41) is 8.41. The molecule has 0 spiro atoms. The molecule has 7 nitrogen and oxygen atoms in total. The molecule has 0 bridgehead atoms. The molecule has 0 aromatic carbocycles. The molecule has 0 rings (SSSR count). The van der Waals surface area contributed by atoms with Crippen LogP contribution in [-0.2, 0) is 19.9 Å². The molecule has 0 saturated heterocycles. The summed E-state index contributed by atoms with van der Waals surface area (Å²) in [4.78, 5) is 10.2. The second-order valence-corrected chi connectivity index (χ2v) is 6.43. The van der Waals surface area contributed by atoms with E-state index in [0.29, 0.717) is 19.6 Å². The Morgan fingerprint density at radius 3 is 1.56 bits per heavy atom. The second-order valence-electron chi connectivity index (χ2n) is 5.53. The fourth-order valence-electron chi connectivity index (χ4n) is 1.82. The van der Waals surface area contributed by atoms with Gasteiger partial charge in [-0.15, -0.1) is 13.2 Å². The summed E-state index contributed by atoms with van der Waals surface area (Å²) in [6.07, 6.45) is 14.9. The first-order valence-electron chi connectivity index (χ1n) is 8.90. The molecular formula is C18H37NaO7S. The van der Waals surface area contributed by atoms with Gasteiger partial charge in [0.15, 0.2) is 0 Å². The van der Waals surface area contributed by atoms with Crippen LogP contribution in [-0.4, -0.2) is 41.8 Å². The van der Waals surface area contributed by atoms with Gasteiger partial charge in [0.05, 0.1) is 13.2 Å². The number of ether oxygens (including phenoxy) is 1. The average Bonchev–Trinajstić information content (AvgIpc) is 2.53. The minimum Gasteiger partial charge on any atom is -1.00 e. The molecule has 0 aliphatic heterocycles. The van der Waals surface area contributed by atoms with E-state index in [0.717, 1.165) is 12.8 Å². The number of carbonyl (C=O) groups is 1. The molecule has 9 heteroatoms. The molecule has 0 fully saturated rings. The van der Waals surface area contributed by atoms with Gasteiger partial charge in [-0.25, -0.2) is 0 Å². The Bertz CT molecular complexity index is 416. The minimum atomic E-state index is -4.67. The van der Waals surface area contributed by atoms with Gasteiger partial charge >= 0.3 is 45.9 Å². The number of aliphatic carboxylic acids is 1. The van der Waals surface area contributed by atoms with Crippen molar-refractivity contribution in [2.24, 2.45) is 0 Å². The third kappa shape index (κ3) is 66.7. The van der Waals surface area contributed by atoms with Crippen LogP contribution in [0.4, 0.5) is 0 Å². The predicted molar refractivity (Wildman–Crippen MR) is 106 cm³/mol. The number of unbranched alkanes of at least 4 members (excludes halogenated alkanes) is 8. The largest absolute Gasteiger partial charge is 1.00 e. The SMILES string of the molecule is C=CCOCC=C.CCCCCCCCCCCC(=O)O.O=S(=O)(O)O.[H-].[Na+]. The molecule has 0 amide bonds. The van der Waals surface area contributed by atoms with E-state index in [2.05, 4.69) is 20.1 Å². The van der Waals surface area contributed by atoms with Crippen molar-refractivity contribution in [3.63, 3.8) is 0 Å². The normalized spacial score (nSPS) is 9.59. The zero-order valence-corrected chi connectivity index (χ0v) is 19.8. The first-order chi connectivity index (χ1) is 12.2. The van der Waals surface area contributed by atoms with E-state index in [1.165, 1.54) is 44.9 Å². The molecule has 0 unspecified atom stereocenters. The molecule has 0 saturated carbocycles. The second kappa shape index (κ2) is 28.0. The quantitative estimate of drug-likeness (QED) is 0.170. The molecule has 27 heavy (non-hydrogen) atoms. The average molecular weight is 421 g/mol. The third-order valence-corrected chi connectivity index (χ3v) is 2.97. The summed E-state index contributed by atoms with van der Waals surface area (Å²) in [6.45, 7) is 10.4. The third-order valence-electron chi connectivity index (χ3n) is 2.97. The molecule has 0 radical (unpaired) electrons. The van der Waals surface area contributed by atoms with Gasteiger partial charge < -0.3 is 11.3 Å². The Labute approximate surface area is 188 Å². The summed E-state index contributed by atoms with van der Waals surface area (Å²) in [7, 11) is -4.67. The van der Waals surface area contributed by atoms with Gasteiger partial charge in [-0.05, 0) is 6.42 Å². The van der Waals surface area contributed by atoms with Crippen LogP contribution in [0.15, 0.2) is 25.3 Å². The summed E-state index contributed by atoms with van der Waals surface area (Å²) in [5.41, 5.74) is 0. The standard InChI is InChI=1S/C12H24O2.C6H10O.Na.H2O4S.H/c1-2-3-4-5-6-7-8-9-10-11-12(13)14;1-3-5-7-6-4-2;;1-5(2,3)4;/h2-11H2,1H3,(H,13,14);3-4H,1-2,5-6H2;;(H2,1,2,3,4);/q;;+1;;-1. The van der Waals surface area contributed by atoms with Gasteiger partial charge in [0, 0.05) is 6.42 Å². The topological polar surface area (TPSA) is 121 Å². The Balaban J connectivity index is -0.000000106. The van der Waals surface area contributed by atoms with Crippen LogP contribution in [0.25, 0.3) is 0 Å². The molecular weight excluding hydrogens is 383 g/mol. The minimum absolute atomic E-state index is 0. The van der Waals surface area contributed by atoms with Crippen molar-refractivity contribution in [3.05, 3.63) is 25.3 Å². The van der Waals surface area contributed by atoms with E-state index in [9.17, 15) is 4.79 Å². The van der Waals surface area contributed by atoms with Crippen molar-refractivity contribution in [1.82, 2.24) is 0 Å². The van der Waals surface area contributed by atoms with Gasteiger partial charge in [-0.1, -0.05) is 70.4 Å². The van der Waals surface area contributed by atoms with Crippen LogP contribution >= 0.6 is 0 Å². The first kappa shape index (κ1) is 34.3. The van der Waals surface area contributed by atoms with Crippen molar-refractivity contribution in [2.75, 3.05) is 13.2 Å². The Hall–Kier alpha value is -0.220. The maximum absolute atomic E-state index is 10.2. The number of rotatable bonds is 14. The molecule has 0 aliphatic carbocycles. The van der Waals surface area contributed by atoms with Crippen molar-refractivity contribution in [1.29, 1.82) is 0 Å². The van der Waals surface area contributed by atoms with Crippen molar-refractivity contribution < 1.29 is 63.1 Å². The molecule has 0 aromatic rings. The number of hydrogen-bond acceptors (Lipinski definition) is 4. The Morgan fingerprint density at radius 2 is 1.26 bits per heavy atom. The van der Waals surface area contributed by atoms with E-state index in [4.69, 9.17) is 27.4 Å². The van der Waals surface area contributed by atoms with Gasteiger partial charge in [0.25, 0.3) is 0 Å². The van der Waals surface area contributed by atoms with Crippen LogP contribution in [0.5, 0.6) is 0 Å². The molecule has 3 N–H and O–H groups in total. The number of carboxylic acids is 1. The summed E-state index contributed by atoms with van der Waals surface area (Å²) in [6, 6.07) is 0. The molecule has 0 heterocycles. The Morgan fingerprint density at radius 1 is 0.926 bits per heavy atom. The zero-order chi connectivity index (χ0) is 20.7. The smallest absolute Gasteiger partial charge is 1.00 e. The van der Waals surface area contributed by atoms with Crippen LogP contribution in [0.1, 0.15) is 72.6 Å². The summed E-state index contributed by atoms with van der Waals surface area (Å²) >= 11 is 0. The number of carboxylic acid groups (broad SMARTS) is 1. The maximum atomic E-state index is 10.2. The van der Waals surface area contributed by atoms with Crippen molar-refractivity contribution in [3.8, 4) is 0 Å². The molecule has 0 atom stereocenters. The molecule has 0 aromatic heterocycles. The van der Waals surface area contributed by atoms with Crippen molar-refractivity contribution in [2.45, 2.75) is 71.1 Å². The van der Waals surface area contributed by atoms with E-state index in [1.54, 1.807) is 12.2 Å². The molecule has 0 aliphatic rings. The van der Waals surface area contributed by atoms with Gasteiger partial charge in [0.2, 0.25) is 0 Å². The van der Waals surface area contributed by atoms with Gasteiger partial charge in [-0.3, -0.25) is 13.9 Å². The fourth-order valence-corrected chi connectivity index (χ4v) is 1.82.